The molecule has 0 aliphatic heterocycles. The van der Waals surface area contributed by atoms with Crippen molar-refractivity contribution in [3.63, 3.8) is 0 Å². The molecule has 0 unspecified atom stereocenters. The van der Waals surface area contributed by atoms with Crippen LogP contribution in [0, 0.1) is 0 Å². The standard InChI is InChI=1S/C20H15F3N4O2S2/c21-20(22,23)12-5-7-13(8-6-12)24-16(28)11-30-19-27-26-17(29-19)9-10-18-25-14-3-1-2-4-15(14)31-18/h1-8H,9-11H2,(H,24,28). The number of benzene rings is 2. The second-order valence-electron chi connectivity index (χ2n) is 6.45. The second kappa shape index (κ2) is 9.06. The van der Waals surface area contributed by atoms with Crippen molar-refractivity contribution in [1.29, 1.82) is 0 Å². The molecule has 0 aliphatic rings. The van der Waals surface area contributed by atoms with Crippen LogP contribution in [0.15, 0.2) is 58.2 Å². The Morgan fingerprint density at radius 3 is 2.58 bits per heavy atom. The van der Waals surface area contributed by atoms with Crippen LogP contribution in [-0.4, -0.2) is 26.8 Å². The van der Waals surface area contributed by atoms with Gasteiger partial charge in [-0.1, -0.05) is 23.9 Å². The van der Waals surface area contributed by atoms with Gasteiger partial charge in [0, 0.05) is 18.5 Å². The summed E-state index contributed by atoms with van der Waals surface area (Å²) in [4.78, 5) is 16.6. The highest BCUT2D eigenvalue weighted by molar-refractivity contribution is 7.99. The SMILES string of the molecule is O=C(CSc1nnc(CCc2nc3ccccc3s2)o1)Nc1ccc(C(F)(F)F)cc1. The quantitative estimate of drug-likeness (QED) is 0.378. The maximum Gasteiger partial charge on any atom is 0.416 e. The van der Waals surface area contributed by atoms with Crippen molar-refractivity contribution in [2.75, 3.05) is 11.1 Å². The number of anilines is 1. The van der Waals surface area contributed by atoms with E-state index in [0.717, 1.165) is 39.1 Å². The van der Waals surface area contributed by atoms with Crippen molar-refractivity contribution >= 4 is 44.9 Å². The molecule has 0 saturated carbocycles. The minimum absolute atomic E-state index is 0.0134. The first kappa shape index (κ1) is 21.3. The van der Waals surface area contributed by atoms with E-state index in [0.29, 0.717) is 18.7 Å². The van der Waals surface area contributed by atoms with Gasteiger partial charge in [-0.05, 0) is 36.4 Å². The highest BCUT2D eigenvalue weighted by Gasteiger charge is 2.30. The van der Waals surface area contributed by atoms with Crippen LogP contribution >= 0.6 is 23.1 Å². The van der Waals surface area contributed by atoms with E-state index < -0.39 is 11.7 Å². The first-order chi connectivity index (χ1) is 14.9. The number of carbonyl (C=O) groups excluding carboxylic acids is 1. The van der Waals surface area contributed by atoms with Gasteiger partial charge in [-0.3, -0.25) is 4.79 Å². The molecule has 4 rings (SSSR count). The summed E-state index contributed by atoms with van der Waals surface area (Å²) in [5, 5.41) is 11.7. The number of rotatable bonds is 7. The number of hydrogen-bond donors (Lipinski definition) is 1. The Morgan fingerprint density at radius 2 is 1.84 bits per heavy atom. The fraction of sp³-hybridized carbons (Fsp3) is 0.200. The van der Waals surface area contributed by atoms with Gasteiger partial charge in [0.1, 0.15) is 0 Å². The summed E-state index contributed by atoms with van der Waals surface area (Å²) < 4.78 is 44.4. The smallest absolute Gasteiger partial charge is 0.416 e. The molecule has 0 saturated heterocycles. The lowest BCUT2D eigenvalue weighted by Crippen LogP contribution is -2.14. The molecule has 2 heterocycles. The van der Waals surface area contributed by atoms with Crippen molar-refractivity contribution in [3.8, 4) is 0 Å². The number of carbonyl (C=O) groups is 1. The molecule has 4 aromatic rings. The van der Waals surface area contributed by atoms with Gasteiger partial charge in [0.05, 0.1) is 26.5 Å². The number of para-hydroxylation sites is 1. The molecular formula is C20H15F3N4O2S2. The molecule has 0 fully saturated rings. The van der Waals surface area contributed by atoms with Gasteiger partial charge in [0.2, 0.25) is 11.8 Å². The lowest BCUT2D eigenvalue weighted by atomic mass is 10.2. The monoisotopic (exact) mass is 464 g/mol. The van der Waals surface area contributed by atoms with Crippen LogP contribution in [0.1, 0.15) is 16.5 Å². The highest BCUT2D eigenvalue weighted by atomic mass is 32.2. The van der Waals surface area contributed by atoms with Gasteiger partial charge in [-0.2, -0.15) is 13.2 Å². The van der Waals surface area contributed by atoms with E-state index in [4.69, 9.17) is 4.42 Å². The lowest BCUT2D eigenvalue weighted by Gasteiger charge is -2.08. The fourth-order valence-electron chi connectivity index (χ4n) is 2.71. The summed E-state index contributed by atoms with van der Waals surface area (Å²) in [6.45, 7) is 0. The fourth-order valence-corrected chi connectivity index (χ4v) is 4.25. The molecule has 2 aromatic carbocycles. The Balaban J connectivity index is 1.25. The van der Waals surface area contributed by atoms with Gasteiger partial charge in [0.25, 0.3) is 5.22 Å². The maximum absolute atomic E-state index is 12.6. The number of aryl methyl sites for hydroxylation is 2. The zero-order valence-corrected chi connectivity index (χ0v) is 17.5. The third-order valence-corrected chi connectivity index (χ3v) is 6.08. The largest absolute Gasteiger partial charge is 0.416 e. The van der Waals surface area contributed by atoms with Crippen LogP contribution in [-0.2, 0) is 23.8 Å². The van der Waals surface area contributed by atoms with Crippen LogP contribution in [0.3, 0.4) is 0 Å². The Labute approximate surface area is 182 Å². The predicted octanol–water partition coefficient (Wildman–Crippen LogP) is 5.21. The molecule has 1 amide bonds. The molecule has 0 atom stereocenters. The van der Waals surface area contributed by atoms with Gasteiger partial charge in [0.15, 0.2) is 0 Å². The number of alkyl halides is 3. The van der Waals surface area contributed by atoms with Crippen LogP contribution in [0.2, 0.25) is 0 Å². The van der Waals surface area contributed by atoms with Gasteiger partial charge in [-0.25, -0.2) is 4.98 Å². The minimum Gasteiger partial charge on any atom is -0.416 e. The minimum atomic E-state index is -4.42. The Hall–Kier alpha value is -2.92. The molecule has 2 aromatic heterocycles. The van der Waals surface area contributed by atoms with Crippen LogP contribution in [0.25, 0.3) is 10.2 Å². The number of nitrogens with one attached hydrogen (secondary N) is 1. The van der Waals surface area contributed by atoms with Crippen molar-refractivity contribution in [2.45, 2.75) is 24.2 Å². The summed E-state index contributed by atoms with van der Waals surface area (Å²) >= 11 is 2.68. The van der Waals surface area contributed by atoms with Crippen molar-refractivity contribution in [3.05, 3.63) is 65.0 Å². The van der Waals surface area contributed by atoms with E-state index >= 15 is 0 Å². The number of halogens is 3. The van der Waals surface area contributed by atoms with Gasteiger partial charge in [-0.15, -0.1) is 21.5 Å². The summed E-state index contributed by atoms with van der Waals surface area (Å²) in [6, 6.07) is 12.1. The summed E-state index contributed by atoms with van der Waals surface area (Å²) in [6.07, 6.45) is -3.22. The second-order valence-corrected chi connectivity index (χ2v) is 8.49. The van der Waals surface area contributed by atoms with Crippen molar-refractivity contribution in [2.24, 2.45) is 0 Å². The third kappa shape index (κ3) is 5.61. The highest BCUT2D eigenvalue weighted by Crippen LogP contribution is 2.30. The lowest BCUT2D eigenvalue weighted by molar-refractivity contribution is -0.137. The molecule has 1 N–H and O–H groups in total. The molecule has 160 valence electrons. The Morgan fingerprint density at radius 1 is 1.06 bits per heavy atom. The Kier molecular flexibility index (Phi) is 6.23. The van der Waals surface area contributed by atoms with Crippen LogP contribution in [0.4, 0.5) is 18.9 Å². The van der Waals surface area contributed by atoms with E-state index in [-0.39, 0.29) is 22.6 Å². The number of hydrogen-bond acceptors (Lipinski definition) is 7. The first-order valence-electron chi connectivity index (χ1n) is 9.13. The van der Waals surface area contributed by atoms with Crippen molar-refractivity contribution in [1.82, 2.24) is 15.2 Å². The topological polar surface area (TPSA) is 80.9 Å². The van der Waals surface area contributed by atoms with Crippen LogP contribution < -0.4 is 5.32 Å². The number of amides is 1. The number of fused-ring (bicyclic) bond motifs is 1. The molecule has 11 heteroatoms. The Bertz CT molecular complexity index is 1160. The number of thiazole rings is 1. The normalized spacial score (nSPS) is 11.7. The van der Waals surface area contributed by atoms with E-state index in [1.54, 1.807) is 11.3 Å². The van der Waals surface area contributed by atoms with Gasteiger partial charge < -0.3 is 9.73 Å². The van der Waals surface area contributed by atoms with Crippen LogP contribution in [0.5, 0.6) is 0 Å². The average Bonchev–Trinajstić information content (AvgIpc) is 3.37. The van der Waals surface area contributed by atoms with E-state index in [9.17, 15) is 18.0 Å². The zero-order valence-electron chi connectivity index (χ0n) is 15.8. The number of aromatic nitrogens is 3. The molecule has 6 nitrogen and oxygen atoms in total. The molecule has 0 spiro atoms. The van der Waals surface area contributed by atoms with E-state index in [2.05, 4.69) is 20.5 Å². The summed E-state index contributed by atoms with van der Waals surface area (Å²) in [7, 11) is 0. The predicted molar refractivity (Wildman–Crippen MR) is 112 cm³/mol. The van der Waals surface area contributed by atoms with E-state index in [1.165, 1.54) is 12.1 Å². The zero-order chi connectivity index (χ0) is 21.8. The summed E-state index contributed by atoms with van der Waals surface area (Å²) in [5.41, 5.74) is 0.466. The number of nitrogens with zero attached hydrogens (tertiary/aromatic N) is 3. The first-order valence-corrected chi connectivity index (χ1v) is 10.9. The molecular weight excluding hydrogens is 449 g/mol. The van der Waals surface area contributed by atoms with Gasteiger partial charge >= 0.3 is 6.18 Å². The molecule has 0 radical (unpaired) electrons. The summed E-state index contributed by atoms with van der Waals surface area (Å²) in [5.74, 6) is 0.0458. The molecule has 31 heavy (non-hydrogen) atoms. The van der Waals surface area contributed by atoms with E-state index in [1.807, 2.05) is 24.3 Å². The third-order valence-electron chi connectivity index (χ3n) is 4.16. The van der Waals surface area contributed by atoms with Crippen molar-refractivity contribution < 1.29 is 22.4 Å². The maximum atomic E-state index is 12.6. The average molecular weight is 464 g/mol. The number of thioether (sulfide) groups is 1. The molecule has 0 bridgehead atoms. The molecule has 0 aliphatic carbocycles.